The molecule has 1 fully saturated rings. The summed E-state index contributed by atoms with van der Waals surface area (Å²) in [7, 11) is -1.68. The van der Waals surface area contributed by atoms with Gasteiger partial charge in [-0.3, -0.25) is 4.79 Å². The Labute approximate surface area is 111 Å². The molecular weight excluding hydrogens is 248 g/mol. The van der Waals surface area contributed by atoms with Crippen molar-refractivity contribution in [3.63, 3.8) is 0 Å². The number of ether oxygens (including phenoxy) is 2. The van der Waals surface area contributed by atoms with Gasteiger partial charge in [-0.05, 0) is 32.0 Å². The number of ketones is 1. The van der Waals surface area contributed by atoms with Crippen molar-refractivity contribution in [2.45, 2.75) is 64.6 Å². The number of rotatable bonds is 7. The fourth-order valence-corrected chi connectivity index (χ4v) is 4.78. The zero-order valence-electron chi connectivity index (χ0n) is 12.2. The van der Waals surface area contributed by atoms with Crippen LogP contribution < -0.4 is 0 Å². The summed E-state index contributed by atoms with van der Waals surface area (Å²) >= 11 is 0. The van der Waals surface area contributed by atoms with E-state index in [2.05, 4.69) is 20.8 Å². The van der Waals surface area contributed by atoms with Gasteiger partial charge in [0.25, 0.3) is 0 Å². The SMILES string of the molecule is CC[Si](CC)(CC)OCC(=O)[C@@H]1COC(C)(C)O1. The van der Waals surface area contributed by atoms with Crippen molar-refractivity contribution in [1.29, 1.82) is 0 Å². The lowest BCUT2D eigenvalue weighted by atomic mass is 10.2. The average Bonchev–Trinajstić information content (AvgIpc) is 2.72. The molecule has 0 spiro atoms. The van der Waals surface area contributed by atoms with E-state index >= 15 is 0 Å². The molecule has 4 nitrogen and oxygen atoms in total. The summed E-state index contributed by atoms with van der Waals surface area (Å²) in [6.45, 7) is 10.6. The molecule has 5 heteroatoms. The minimum atomic E-state index is -1.68. The fourth-order valence-electron chi connectivity index (χ4n) is 2.22. The van der Waals surface area contributed by atoms with E-state index in [9.17, 15) is 4.79 Å². The van der Waals surface area contributed by atoms with E-state index in [1.54, 1.807) is 0 Å². The van der Waals surface area contributed by atoms with Crippen LogP contribution >= 0.6 is 0 Å². The van der Waals surface area contributed by atoms with E-state index in [4.69, 9.17) is 13.9 Å². The van der Waals surface area contributed by atoms with Gasteiger partial charge >= 0.3 is 0 Å². The van der Waals surface area contributed by atoms with E-state index in [1.807, 2.05) is 13.8 Å². The van der Waals surface area contributed by atoms with Crippen LogP contribution in [0.4, 0.5) is 0 Å². The van der Waals surface area contributed by atoms with Crippen LogP contribution in [0.15, 0.2) is 0 Å². The second kappa shape index (κ2) is 6.28. The molecule has 106 valence electrons. The van der Waals surface area contributed by atoms with E-state index in [0.29, 0.717) is 6.61 Å². The van der Waals surface area contributed by atoms with Crippen LogP contribution in [-0.4, -0.2) is 39.2 Å². The summed E-state index contributed by atoms with van der Waals surface area (Å²) < 4.78 is 16.9. The Morgan fingerprint density at radius 3 is 2.22 bits per heavy atom. The minimum Gasteiger partial charge on any atom is -0.409 e. The van der Waals surface area contributed by atoms with Gasteiger partial charge in [0.15, 0.2) is 19.9 Å². The van der Waals surface area contributed by atoms with Gasteiger partial charge in [0.05, 0.1) is 13.2 Å². The van der Waals surface area contributed by atoms with Gasteiger partial charge in [0, 0.05) is 0 Å². The molecule has 1 atom stereocenters. The predicted octanol–water partition coefficient (Wildman–Crippen LogP) is 2.73. The van der Waals surface area contributed by atoms with Crippen molar-refractivity contribution in [3.8, 4) is 0 Å². The maximum atomic E-state index is 12.0. The molecule has 0 aromatic rings. The molecule has 1 aliphatic rings. The predicted molar refractivity (Wildman–Crippen MR) is 73.1 cm³/mol. The van der Waals surface area contributed by atoms with Crippen LogP contribution in [-0.2, 0) is 18.7 Å². The summed E-state index contributed by atoms with van der Waals surface area (Å²) in [5.74, 6) is -0.637. The van der Waals surface area contributed by atoms with Gasteiger partial charge in [-0.15, -0.1) is 0 Å². The Bertz CT molecular complexity index is 278. The second-order valence-corrected chi connectivity index (χ2v) is 10.1. The van der Waals surface area contributed by atoms with Crippen LogP contribution in [0.1, 0.15) is 34.6 Å². The molecule has 18 heavy (non-hydrogen) atoms. The Morgan fingerprint density at radius 1 is 1.28 bits per heavy atom. The van der Waals surface area contributed by atoms with Gasteiger partial charge in [0.2, 0.25) is 0 Å². The van der Waals surface area contributed by atoms with E-state index in [0.717, 1.165) is 18.1 Å². The van der Waals surface area contributed by atoms with Crippen molar-refractivity contribution >= 4 is 14.1 Å². The largest absolute Gasteiger partial charge is 0.409 e. The third-order valence-corrected chi connectivity index (χ3v) is 8.44. The van der Waals surface area contributed by atoms with E-state index in [1.165, 1.54) is 0 Å². The summed E-state index contributed by atoms with van der Waals surface area (Å²) in [4.78, 5) is 12.0. The highest BCUT2D eigenvalue weighted by atomic mass is 28.4. The zero-order valence-corrected chi connectivity index (χ0v) is 13.2. The van der Waals surface area contributed by atoms with Gasteiger partial charge < -0.3 is 13.9 Å². The first-order chi connectivity index (χ1) is 8.38. The van der Waals surface area contributed by atoms with Crippen LogP contribution in [0, 0.1) is 0 Å². The normalized spacial score (nSPS) is 23.3. The number of hydrogen-bond donors (Lipinski definition) is 0. The van der Waals surface area contributed by atoms with Crippen molar-refractivity contribution in [3.05, 3.63) is 0 Å². The first-order valence-corrected chi connectivity index (χ1v) is 9.39. The monoisotopic (exact) mass is 274 g/mol. The molecule has 0 unspecified atom stereocenters. The quantitative estimate of drug-likeness (QED) is 0.670. The highest BCUT2D eigenvalue weighted by Crippen LogP contribution is 2.25. The van der Waals surface area contributed by atoms with Crippen molar-refractivity contribution in [2.75, 3.05) is 13.2 Å². The fraction of sp³-hybridized carbons (Fsp3) is 0.923. The molecule has 0 N–H and O–H groups in total. The van der Waals surface area contributed by atoms with Gasteiger partial charge in [-0.25, -0.2) is 0 Å². The number of Topliss-reactive ketones (excluding diaryl/α,β-unsaturated/α-hetero) is 1. The van der Waals surface area contributed by atoms with E-state index in [-0.39, 0.29) is 12.4 Å². The van der Waals surface area contributed by atoms with Gasteiger partial charge in [-0.2, -0.15) is 0 Å². The molecule has 0 radical (unpaired) electrons. The third-order valence-electron chi connectivity index (χ3n) is 3.82. The van der Waals surface area contributed by atoms with E-state index < -0.39 is 20.2 Å². The van der Waals surface area contributed by atoms with Crippen molar-refractivity contribution in [2.24, 2.45) is 0 Å². The Hall–Kier alpha value is -0.233. The standard InChI is InChI=1S/C13H26O4Si/c1-6-18(7-2,8-3)16-9-11(14)12-10-15-13(4,5)17-12/h12H,6-10H2,1-5H3/t12-/m0/s1. The maximum Gasteiger partial charge on any atom is 0.192 e. The van der Waals surface area contributed by atoms with Crippen LogP contribution in [0.25, 0.3) is 0 Å². The smallest absolute Gasteiger partial charge is 0.192 e. The molecule has 1 saturated heterocycles. The second-order valence-electron chi connectivity index (χ2n) is 5.32. The summed E-state index contributed by atoms with van der Waals surface area (Å²) in [5, 5.41) is 0. The lowest BCUT2D eigenvalue weighted by molar-refractivity contribution is -0.153. The number of hydrogen-bond acceptors (Lipinski definition) is 4. The molecule has 1 rings (SSSR count). The molecule has 1 heterocycles. The average molecular weight is 274 g/mol. The summed E-state index contributed by atoms with van der Waals surface area (Å²) in [6.07, 6.45) is -0.461. The molecule has 0 aromatic carbocycles. The maximum absolute atomic E-state index is 12.0. The number of carbonyl (C=O) groups is 1. The van der Waals surface area contributed by atoms with Gasteiger partial charge in [-0.1, -0.05) is 20.8 Å². The van der Waals surface area contributed by atoms with Crippen LogP contribution in [0.5, 0.6) is 0 Å². The molecule has 0 aromatic heterocycles. The van der Waals surface area contributed by atoms with Crippen molar-refractivity contribution in [1.82, 2.24) is 0 Å². The summed E-state index contributed by atoms with van der Waals surface area (Å²) in [5.41, 5.74) is 0. The zero-order chi connectivity index (χ0) is 13.8. The molecular formula is C13H26O4Si. The third kappa shape index (κ3) is 3.88. The number of carbonyl (C=O) groups excluding carboxylic acids is 1. The lowest BCUT2D eigenvalue weighted by Crippen LogP contribution is -2.40. The highest BCUT2D eigenvalue weighted by molar-refractivity contribution is 6.73. The first kappa shape index (κ1) is 15.8. The summed E-state index contributed by atoms with van der Waals surface area (Å²) in [6, 6.07) is 3.17. The molecule has 0 aliphatic carbocycles. The molecule has 1 aliphatic heterocycles. The van der Waals surface area contributed by atoms with Crippen molar-refractivity contribution < 1.29 is 18.7 Å². The Morgan fingerprint density at radius 2 is 1.83 bits per heavy atom. The topological polar surface area (TPSA) is 44.8 Å². The van der Waals surface area contributed by atoms with Crippen LogP contribution in [0.2, 0.25) is 18.1 Å². The van der Waals surface area contributed by atoms with Crippen LogP contribution in [0.3, 0.4) is 0 Å². The Balaban J connectivity index is 2.46. The molecule has 0 amide bonds. The lowest BCUT2D eigenvalue weighted by Gasteiger charge is -2.28. The highest BCUT2D eigenvalue weighted by Gasteiger charge is 2.38. The Kier molecular flexibility index (Phi) is 5.52. The molecule has 0 bridgehead atoms. The first-order valence-electron chi connectivity index (χ1n) is 6.86. The molecule has 0 saturated carbocycles. The minimum absolute atomic E-state index is 0.00722. The van der Waals surface area contributed by atoms with Gasteiger partial charge in [0.1, 0.15) is 6.10 Å².